The third-order valence-electron chi connectivity index (χ3n) is 10.5. The van der Waals surface area contributed by atoms with E-state index in [0.717, 1.165) is 43.4 Å². The molecule has 5 aliphatic rings. The smallest absolute Gasteiger partial charge is 0.330 e. The summed E-state index contributed by atoms with van der Waals surface area (Å²) in [6.07, 6.45) is 14.5. The quantitative estimate of drug-likeness (QED) is 0.459. The molecule has 166 valence electrons. The first-order chi connectivity index (χ1) is 14.2. The molecule has 9 atom stereocenters. The number of fused-ring (bicyclic) bond motifs is 5. The lowest BCUT2D eigenvalue weighted by molar-refractivity contribution is -0.150. The number of aliphatic hydroxyl groups excluding tert-OH is 1. The maximum atomic E-state index is 12.0. The zero-order valence-corrected chi connectivity index (χ0v) is 19.3. The van der Waals surface area contributed by atoms with Crippen LogP contribution >= 0.6 is 0 Å². The number of aliphatic hydroxyl groups is 1. The third-order valence-corrected chi connectivity index (χ3v) is 10.5. The second-order valence-electron chi connectivity index (χ2n) is 11.9. The van der Waals surface area contributed by atoms with E-state index < -0.39 is 0 Å². The average molecular weight is 413 g/mol. The van der Waals surface area contributed by atoms with Crippen molar-refractivity contribution < 1.29 is 14.6 Å². The molecule has 30 heavy (non-hydrogen) atoms. The first-order valence-corrected chi connectivity index (χ1v) is 12.5. The Morgan fingerprint density at radius 2 is 1.90 bits per heavy atom. The Bertz CT molecular complexity index is 781. The fourth-order valence-electron chi connectivity index (χ4n) is 8.90. The highest BCUT2D eigenvalue weighted by Gasteiger charge is 2.59. The van der Waals surface area contributed by atoms with Gasteiger partial charge in [0.25, 0.3) is 0 Å². The molecular weight excluding hydrogens is 372 g/mol. The number of allylic oxidation sites excluding steroid dienone is 1. The zero-order chi connectivity index (χ0) is 21.3. The van der Waals surface area contributed by atoms with Crippen LogP contribution in [0.15, 0.2) is 23.3 Å². The zero-order valence-electron chi connectivity index (χ0n) is 19.3. The first kappa shape index (κ1) is 20.8. The Balaban J connectivity index is 1.38. The molecule has 0 aromatic carbocycles. The van der Waals surface area contributed by atoms with Crippen molar-refractivity contribution in [1.82, 2.24) is 0 Å². The molecule has 3 heteroatoms. The Kier molecular flexibility index (Phi) is 5.00. The molecule has 4 aliphatic carbocycles. The number of ether oxygens (including phenoxy) is 1. The van der Waals surface area contributed by atoms with E-state index in [0.29, 0.717) is 22.7 Å². The number of cyclic esters (lactones) is 1. The van der Waals surface area contributed by atoms with E-state index in [1.807, 2.05) is 0 Å². The Morgan fingerprint density at radius 3 is 2.67 bits per heavy atom. The number of carbonyl (C=O) groups excluding carboxylic acids is 1. The van der Waals surface area contributed by atoms with E-state index in [9.17, 15) is 9.90 Å². The summed E-state index contributed by atoms with van der Waals surface area (Å²) in [5.74, 6) is 3.31. The summed E-state index contributed by atoms with van der Waals surface area (Å²) in [7, 11) is 0. The number of hydrogen-bond donors (Lipinski definition) is 1. The van der Waals surface area contributed by atoms with Gasteiger partial charge in [-0.2, -0.15) is 0 Å². The molecule has 3 saturated carbocycles. The second-order valence-corrected chi connectivity index (χ2v) is 11.9. The van der Waals surface area contributed by atoms with Gasteiger partial charge in [-0.05, 0) is 98.7 Å². The highest BCUT2D eigenvalue weighted by molar-refractivity contribution is 5.83. The molecule has 0 amide bonds. The van der Waals surface area contributed by atoms with Gasteiger partial charge in [0.05, 0.1) is 6.10 Å². The second kappa shape index (κ2) is 7.22. The van der Waals surface area contributed by atoms with Crippen LogP contribution in [0.3, 0.4) is 0 Å². The maximum Gasteiger partial charge on any atom is 0.330 e. The van der Waals surface area contributed by atoms with Crippen LogP contribution in [0, 0.1) is 40.4 Å². The van der Waals surface area contributed by atoms with Gasteiger partial charge >= 0.3 is 5.97 Å². The maximum absolute atomic E-state index is 12.0. The first-order valence-electron chi connectivity index (χ1n) is 12.5. The molecule has 0 bridgehead atoms. The lowest BCUT2D eigenvalue weighted by Gasteiger charge is -2.58. The van der Waals surface area contributed by atoms with Gasteiger partial charge in [-0.15, -0.1) is 0 Å². The lowest BCUT2D eigenvalue weighted by Crippen LogP contribution is -2.51. The number of esters is 1. The van der Waals surface area contributed by atoms with Crippen molar-refractivity contribution in [1.29, 1.82) is 0 Å². The van der Waals surface area contributed by atoms with Gasteiger partial charge in [-0.1, -0.05) is 38.0 Å². The van der Waals surface area contributed by atoms with Gasteiger partial charge in [-0.3, -0.25) is 0 Å². The van der Waals surface area contributed by atoms with Crippen molar-refractivity contribution >= 4 is 5.97 Å². The molecule has 1 N–H and O–H groups in total. The molecule has 1 heterocycles. The summed E-state index contributed by atoms with van der Waals surface area (Å²) in [6, 6.07) is 0. The molecule has 0 spiro atoms. The van der Waals surface area contributed by atoms with Crippen LogP contribution < -0.4 is 0 Å². The SMILES string of the molecule is CC1=CC(=O)O[C@@H]([C@@H](C)[C@H]2CC[C@H]3[C@@H]4CC=C5C[C@@H](O)CC[C@]5(C)[C@H]4CC[C@]23C)C1. The van der Waals surface area contributed by atoms with Gasteiger partial charge in [0.15, 0.2) is 0 Å². The topological polar surface area (TPSA) is 46.5 Å². The van der Waals surface area contributed by atoms with Crippen LogP contribution in [0.2, 0.25) is 0 Å². The highest BCUT2D eigenvalue weighted by atomic mass is 16.5. The predicted molar refractivity (Wildman–Crippen MR) is 119 cm³/mol. The molecule has 1 aliphatic heterocycles. The molecule has 0 saturated heterocycles. The van der Waals surface area contributed by atoms with Crippen molar-refractivity contribution in [3.63, 3.8) is 0 Å². The molecule has 0 unspecified atom stereocenters. The van der Waals surface area contributed by atoms with E-state index in [-0.39, 0.29) is 18.2 Å². The van der Waals surface area contributed by atoms with Crippen molar-refractivity contribution in [3.05, 3.63) is 23.3 Å². The van der Waals surface area contributed by atoms with Gasteiger partial charge < -0.3 is 9.84 Å². The summed E-state index contributed by atoms with van der Waals surface area (Å²) < 4.78 is 5.81. The van der Waals surface area contributed by atoms with E-state index in [1.54, 1.807) is 11.6 Å². The molecule has 0 aromatic rings. The monoisotopic (exact) mass is 412 g/mol. The minimum absolute atomic E-state index is 0.0519. The molecular formula is C27H40O3. The van der Waals surface area contributed by atoms with Crippen molar-refractivity contribution in [2.45, 2.75) is 97.7 Å². The van der Waals surface area contributed by atoms with Gasteiger partial charge in [-0.25, -0.2) is 4.79 Å². The van der Waals surface area contributed by atoms with Crippen LogP contribution in [0.4, 0.5) is 0 Å². The largest absolute Gasteiger partial charge is 0.459 e. The van der Waals surface area contributed by atoms with E-state index in [2.05, 4.69) is 33.8 Å². The minimum atomic E-state index is -0.142. The molecule has 3 fully saturated rings. The van der Waals surface area contributed by atoms with Crippen molar-refractivity contribution in [2.75, 3.05) is 0 Å². The predicted octanol–water partition coefficient (Wildman–Crippen LogP) is 5.82. The van der Waals surface area contributed by atoms with E-state index >= 15 is 0 Å². The van der Waals surface area contributed by atoms with Crippen molar-refractivity contribution in [3.8, 4) is 0 Å². The van der Waals surface area contributed by atoms with Crippen LogP contribution in [0.25, 0.3) is 0 Å². The third kappa shape index (κ3) is 3.05. The fourth-order valence-corrected chi connectivity index (χ4v) is 8.90. The van der Waals surface area contributed by atoms with Crippen LogP contribution in [-0.2, 0) is 9.53 Å². The molecule has 3 nitrogen and oxygen atoms in total. The van der Waals surface area contributed by atoms with Gasteiger partial charge in [0, 0.05) is 12.5 Å². The van der Waals surface area contributed by atoms with Gasteiger partial charge in [0.1, 0.15) is 6.10 Å². The highest BCUT2D eigenvalue weighted by Crippen LogP contribution is 2.67. The van der Waals surface area contributed by atoms with Crippen molar-refractivity contribution in [2.24, 2.45) is 40.4 Å². The summed E-state index contributed by atoms with van der Waals surface area (Å²) in [5, 5.41) is 10.2. The lowest BCUT2D eigenvalue weighted by atomic mass is 9.47. The van der Waals surface area contributed by atoms with Crippen LogP contribution in [0.1, 0.15) is 85.5 Å². The average Bonchev–Trinajstić information content (AvgIpc) is 3.04. The Labute approximate surface area is 182 Å². The standard InChI is InChI=1S/C27H40O3/c1-16-13-24(30-25(29)14-16)17(2)21-7-8-22-20-6-5-18-15-19(28)9-11-26(18,3)23(20)10-12-27(21,22)4/h5,14,17,19-24,28H,6-13,15H2,1-4H3/t17-,19-,20-,21+,22-,23-,24+,26-,27+/m0/s1. The summed E-state index contributed by atoms with van der Waals surface area (Å²) >= 11 is 0. The Morgan fingerprint density at radius 1 is 1.10 bits per heavy atom. The summed E-state index contributed by atoms with van der Waals surface area (Å²) in [6.45, 7) is 9.50. The summed E-state index contributed by atoms with van der Waals surface area (Å²) in [4.78, 5) is 12.0. The number of hydrogen-bond acceptors (Lipinski definition) is 3. The van der Waals surface area contributed by atoms with E-state index in [4.69, 9.17) is 4.74 Å². The number of rotatable bonds is 2. The van der Waals surface area contributed by atoms with E-state index in [1.165, 1.54) is 37.7 Å². The minimum Gasteiger partial charge on any atom is -0.459 e. The van der Waals surface area contributed by atoms with Gasteiger partial charge in [0.2, 0.25) is 0 Å². The Hall–Kier alpha value is -1.09. The normalized spacial score (nSPS) is 49.2. The fraction of sp³-hybridized carbons (Fsp3) is 0.815. The summed E-state index contributed by atoms with van der Waals surface area (Å²) in [5.41, 5.74) is 3.42. The molecule has 5 rings (SSSR count). The van der Waals surface area contributed by atoms with Crippen LogP contribution in [-0.4, -0.2) is 23.3 Å². The van der Waals surface area contributed by atoms with Crippen LogP contribution in [0.5, 0.6) is 0 Å². The molecule has 0 aromatic heterocycles. The molecule has 0 radical (unpaired) electrons. The number of carbonyl (C=O) groups is 1.